The minimum Gasteiger partial charge on any atom is -0.282 e. The second kappa shape index (κ2) is 7.60. The molecule has 1 aromatic carbocycles. The van der Waals surface area contributed by atoms with Crippen LogP contribution in [0.2, 0.25) is 0 Å². The molecule has 0 aliphatic rings. The van der Waals surface area contributed by atoms with Crippen LogP contribution in [0.5, 0.6) is 0 Å². The Morgan fingerprint density at radius 2 is 1.79 bits per heavy atom. The molecule has 0 aliphatic heterocycles. The maximum Gasteiger partial charge on any atom is 0.294 e. The van der Waals surface area contributed by atoms with Crippen molar-refractivity contribution in [2.75, 3.05) is 0 Å². The van der Waals surface area contributed by atoms with Gasteiger partial charge < -0.3 is 0 Å². The van der Waals surface area contributed by atoms with Gasteiger partial charge in [0.25, 0.3) is 10.1 Å². The smallest absolute Gasteiger partial charge is 0.282 e. The topological polar surface area (TPSA) is 54.4 Å². The van der Waals surface area contributed by atoms with Crippen molar-refractivity contribution in [1.82, 2.24) is 0 Å². The van der Waals surface area contributed by atoms with Gasteiger partial charge >= 0.3 is 0 Å². The maximum atomic E-state index is 13.5. The van der Waals surface area contributed by atoms with Crippen molar-refractivity contribution >= 4 is 10.1 Å². The number of halogens is 1. The van der Waals surface area contributed by atoms with Gasteiger partial charge in [-0.05, 0) is 37.0 Å². The lowest BCUT2D eigenvalue weighted by atomic mass is 10.0. The van der Waals surface area contributed by atoms with Gasteiger partial charge in [0.15, 0.2) is 0 Å². The molecule has 108 valence electrons. The van der Waals surface area contributed by atoms with Crippen LogP contribution in [0.3, 0.4) is 0 Å². The number of rotatable bonds is 8. The van der Waals surface area contributed by atoms with Gasteiger partial charge in [0, 0.05) is 0 Å². The average Bonchev–Trinajstić information content (AvgIpc) is 2.36. The van der Waals surface area contributed by atoms with Crippen LogP contribution < -0.4 is 0 Å². The molecule has 3 nitrogen and oxygen atoms in total. The number of hydrogen-bond acceptors (Lipinski definition) is 2. The third kappa shape index (κ3) is 6.16. The second-order valence-corrected chi connectivity index (χ2v) is 6.17. The highest BCUT2D eigenvalue weighted by atomic mass is 32.2. The highest BCUT2D eigenvalue weighted by Gasteiger charge is 2.10. The number of unbranched alkanes of at least 4 members (excludes halogenated alkanes) is 2. The van der Waals surface area contributed by atoms with E-state index in [1.54, 1.807) is 12.1 Å². The Labute approximate surface area is 114 Å². The Bertz CT molecular complexity index is 468. The first kappa shape index (κ1) is 16.1. The third-order valence-electron chi connectivity index (χ3n) is 3.09. The molecule has 0 amide bonds. The average molecular weight is 288 g/mol. The van der Waals surface area contributed by atoms with E-state index in [1.165, 1.54) is 12.1 Å². The van der Waals surface area contributed by atoms with E-state index in [-0.39, 0.29) is 4.90 Å². The van der Waals surface area contributed by atoms with E-state index in [2.05, 4.69) is 6.92 Å². The van der Waals surface area contributed by atoms with Crippen LogP contribution in [0.1, 0.15) is 44.6 Å². The van der Waals surface area contributed by atoms with E-state index >= 15 is 0 Å². The van der Waals surface area contributed by atoms with Crippen molar-refractivity contribution < 1.29 is 17.4 Å². The van der Waals surface area contributed by atoms with E-state index in [1.807, 2.05) is 0 Å². The molecule has 19 heavy (non-hydrogen) atoms. The molecule has 1 rings (SSSR count). The van der Waals surface area contributed by atoms with Crippen LogP contribution in [-0.4, -0.2) is 19.1 Å². The summed E-state index contributed by atoms with van der Waals surface area (Å²) in [5.41, 5.74) is 0.880. The van der Waals surface area contributed by atoms with Gasteiger partial charge in [-0.1, -0.05) is 38.3 Å². The Kier molecular flexibility index (Phi) is 6.45. The first-order chi connectivity index (χ1) is 8.93. The molecule has 1 aromatic rings. The summed E-state index contributed by atoms with van der Waals surface area (Å²) < 4.78 is 44.1. The van der Waals surface area contributed by atoms with Crippen LogP contribution in [0.4, 0.5) is 4.39 Å². The van der Waals surface area contributed by atoms with Gasteiger partial charge in [-0.3, -0.25) is 4.55 Å². The van der Waals surface area contributed by atoms with Crippen LogP contribution in [-0.2, 0) is 16.5 Å². The molecule has 0 aliphatic carbocycles. The molecule has 0 saturated heterocycles. The summed E-state index contributed by atoms with van der Waals surface area (Å²) in [4.78, 5) is -0.129. The van der Waals surface area contributed by atoms with Gasteiger partial charge in [-0.2, -0.15) is 8.42 Å². The Balaban J connectivity index is 2.42. The van der Waals surface area contributed by atoms with Crippen molar-refractivity contribution in [3.63, 3.8) is 0 Å². The number of benzene rings is 1. The summed E-state index contributed by atoms with van der Waals surface area (Å²) in [6.07, 6.45) is 3.89. The van der Waals surface area contributed by atoms with Crippen molar-refractivity contribution in [3.8, 4) is 0 Å². The van der Waals surface area contributed by atoms with E-state index in [0.29, 0.717) is 19.3 Å². The van der Waals surface area contributed by atoms with Crippen LogP contribution in [0.15, 0.2) is 29.2 Å². The highest BCUT2D eigenvalue weighted by molar-refractivity contribution is 7.85. The molecule has 1 unspecified atom stereocenters. The van der Waals surface area contributed by atoms with E-state index in [0.717, 1.165) is 24.8 Å². The zero-order valence-corrected chi connectivity index (χ0v) is 12.0. The number of aryl methyl sites for hydroxylation is 1. The quantitative estimate of drug-likeness (QED) is 0.585. The first-order valence-corrected chi connectivity index (χ1v) is 8.08. The minimum atomic E-state index is -4.14. The fraction of sp³-hybridized carbons (Fsp3) is 0.571. The maximum absolute atomic E-state index is 13.5. The normalized spacial score (nSPS) is 13.4. The summed E-state index contributed by atoms with van der Waals surface area (Å²) in [7, 11) is -4.14. The lowest BCUT2D eigenvalue weighted by Crippen LogP contribution is -2.03. The van der Waals surface area contributed by atoms with E-state index in [9.17, 15) is 12.8 Å². The Hall–Kier alpha value is -0.940. The molecule has 0 heterocycles. The van der Waals surface area contributed by atoms with Gasteiger partial charge in [0.2, 0.25) is 0 Å². The van der Waals surface area contributed by atoms with Crippen LogP contribution in [0.25, 0.3) is 0 Å². The fourth-order valence-electron chi connectivity index (χ4n) is 1.91. The molecule has 1 atom stereocenters. The molecule has 0 spiro atoms. The Morgan fingerprint density at radius 1 is 1.16 bits per heavy atom. The highest BCUT2D eigenvalue weighted by Crippen LogP contribution is 2.15. The predicted molar refractivity (Wildman–Crippen MR) is 73.6 cm³/mol. The predicted octanol–water partition coefficient (Wildman–Crippen LogP) is 3.78. The van der Waals surface area contributed by atoms with Crippen molar-refractivity contribution in [1.29, 1.82) is 0 Å². The summed E-state index contributed by atoms with van der Waals surface area (Å²) in [6, 6.07) is 5.91. The molecular weight excluding hydrogens is 267 g/mol. The van der Waals surface area contributed by atoms with Gasteiger partial charge in [0.1, 0.15) is 6.17 Å². The lowest BCUT2D eigenvalue weighted by Gasteiger charge is -2.08. The molecule has 0 saturated carbocycles. The molecule has 5 heteroatoms. The monoisotopic (exact) mass is 288 g/mol. The minimum absolute atomic E-state index is 0.129. The molecule has 0 aromatic heterocycles. The van der Waals surface area contributed by atoms with Gasteiger partial charge in [-0.15, -0.1) is 0 Å². The third-order valence-corrected chi connectivity index (χ3v) is 3.96. The summed E-state index contributed by atoms with van der Waals surface area (Å²) in [6.45, 7) is 2.09. The zero-order chi connectivity index (χ0) is 14.3. The summed E-state index contributed by atoms with van der Waals surface area (Å²) >= 11 is 0. The van der Waals surface area contributed by atoms with Crippen molar-refractivity contribution in [2.45, 2.75) is 56.5 Å². The first-order valence-electron chi connectivity index (χ1n) is 6.64. The molecule has 0 bridgehead atoms. The Morgan fingerprint density at radius 3 is 2.32 bits per heavy atom. The zero-order valence-electron chi connectivity index (χ0n) is 11.2. The van der Waals surface area contributed by atoms with Gasteiger partial charge in [0.05, 0.1) is 4.90 Å². The van der Waals surface area contributed by atoms with Crippen molar-refractivity contribution in [2.24, 2.45) is 0 Å². The molecule has 0 fully saturated rings. The number of hydrogen-bond donors (Lipinski definition) is 1. The summed E-state index contributed by atoms with van der Waals surface area (Å²) in [5.74, 6) is 0. The van der Waals surface area contributed by atoms with Crippen molar-refractivity contribution in [3.05, 3.63) is 29.8 Å². The largest absolute Gasteiger partial charge is 0.294 e. The van der Waals surface area contributed by atoms with Gasteiger partial charge in [-0.25, -0.2) is 4.39 Å². The SMILES string of the molecule is CCCCCC(F)CCc1ccc(S(=O)(=O)O)cc1. The van der Waals surface area contributed by atoms with Crippen LogP contribution >= 0.6 is 0 Å². The molecule has 1 N–H and O–H groups in total. The molecule has 0 radical (unpaired) electrons. The summed E-state index contributed by atoms with van der Waals surface area (Å²) in [5, 5.41) is 0. The molecular formula is C14H21FO3S. The lowest BCUT2D eigenvalue weighted by molar-refractivity contribution is 0.288. The van der Waals surface area contributed by atoms with Crippen LogP contribution in [0, 0.1) is 0 Å². The fourth-order valence-corrected chi connectivity index (χ4v) is 2.39. The standard InChI is InChI=1S/C14H21FO3S/c1-2-3-4-5-13(15)9-6-12-7-10-14(11-8-12)19(16,17)18/h7-8,10-11,13H,2-6,9H2,1H3,(H,16,17,18). The number of alkyl halides is 1. The van der Waals surface area contributed by atoms with E-state index in [4.69, 9.17) is 4.55 Å². The second-order valence-electron chi connectivity index (χ2n) is 4.75. The van der Waals surface area contributed by atoms with E-state index < -0.39 is 16.3 Å².